The van der Waals surface area contributed by atoms with Crippen molar-refractivity contribution in [3.05, 3.63) is 52.2 Å². The van der Waals surface area contributed by atoms with Gasteiger partial charge in [-0.2, -0.15) is 21.6 Å². The molecular weight excluding hydrogens is 381 g/mol. The Bertz CT molecular complexity index is 932. The summed E-state index contributed by atoms with van der Waals surface area (Å²) in [5.74, 6) is 0.127. The molecule has 1 unspecified atom stereocenters. The van der Waals surface area contributed by atoms with Crippen molar-refractivity contribution in [3.63, 3.8) is 0 Å². The molecule has 0 saturated heterocycles. The maximum Gasteiger partial charge on any atom is 0.417 e. The molecule has 3 rings (SSSR count). The summed E-state index contributed by atoms with van der Waals surface area (Å²) in [6.07, 6.45) is -2.87. The number of nitrogens with one attached hydrogen (secondary N) is 1. The Hall–Kier alpha value is -1.84. The van der Waals surface area contributed by atoms with Gasteiger partial charge in [0, 0.05) is 12.2 Å². The Balaban J connectivity index is 1.77. The molecule has 1 aliphatic rings. The molecule has 10 heteroatoms. The van der Waals surface area contributed by atoms with E-state index >= 15 is 0 Å². The third-order valence-electron chi connectivity index (χ3n) is 3.92. The van der Waals surface area contributed by atoms with E-state index in [9.17, 15) is 21.6 Å². The minimum atomic E-state index is -4.52. The van der Waals surface area contributed by atoms with Gasteiger partial charge in [0.1, 0.15) is 5.82 Å². The lowest BCUT2D eigenvalue weighted by Gasteiger charge is -2.15. The largest absolute Gasteiger partial charge is 0.417 e. The van der Waals surface area contributed by atoms with E-state index in [1.54, 1.807) is 6.07 Å². The Morgan fingerprint density at radius 2 is 1.88 bits per heavy atom. The molecule has 0 saturated carbocycles. The van der Waals surface area contributed by atoms with Gasteiger partial charge in [0.15, 0.2) is 0 Å². The number of rotatable bonds is 3. The summed E-state index contributed by atoms with van der Waals surface area (Å²) in [6, 6.07) is 4.89. The van der Waals surface area contributed by atoms with Gasteiger partial charge in [-0.1, -0.05) is 17.7 Å². The molecule has 2 aromatic rings. The van der Waals surface area contributed by atoms with E-state index in [1.165, 1.54) is 12.1 Å². The molecule has 0 aliphatic heterocycles. The van der Waals surface area contributed by atoms with Crippen molar-refractivity contribution in [2.45, 2.75) is 30.0 Å². The number of pyridine rings is 1. The van der Waals surface area contributed by atoms with E-state index in [4.69, 9.17) is 16.2 Å². The Morgan fingerprint density at radius 1 is 1.20 bits per heavy atom. The second-order valence-electron chi connectivity index (χ2n) is 5.71. The zero-order valence-electron chi connectivity index (χ0n) is 12.5. The van der Waals surface area contributed by atoms with Crippen LogP contribution in [0.4, 0.5) is 19.0 Å². The number of hydrogen-bond donors (Lipinski definition) is 2. The number of hydrogen-bond acceptors (Lipinski definition) is 4. The second kappa shape index (κ2) is 6.15. The molecule has 1 heterocycles. The van der Waals surface area contributed by atoms with Gasteiger partial charge in [-0.25, -0.2) is 4.98 Å². The molecule has 5 nitrogen and oxygen atoms in total. The van der Waals surface area contributed by atoms with Gasteiger partial charge in [-0.05, 0) is 42.2 Å². The zero-order valence-corrected chi connectivity index (χ0v) is 14.1. The number of halogens is 4. The van der Waals surface area contributed by atoms with E-state index < -0.39 is 21.9 Å². The zero-order chi connectivity index (χ0) is 18.4. The van der Waals surface area contributed by atoms with Crippen LogP contribution in [0.25, 0.3) is 0 Å². The highest BCUT2D eigenvalue weighted by Gasteiger charge is 2.32. The summed E-state index contributed by atoms with van der Waals surface area (Å²) in [4.78, 5) is 3.53. The summed E-state index contributed by atoms with van der Waals surface area (Å²) in [5, 5.41) is 2.82. The lowest BCUT2D eigenvalue weighted by molar-refractivity contribution is -0.137. The second-order valence-corrected chi connectivity index (χ2v) is 7.54. The van der Waals surface area contributed by atoms with Crippen LogP contribution >= 0.6 is 11.6 Å². The maximum atomic E-state index is 12.6. The molecule has 1 aliphatic carbocycles. The molecule has 2 N–H and O–H groups in total. The van der Waals surface area contributed by atoms with Crippen LogP contribution in [0.2, 0.25) is 5.02 Å². The first-order valence-corrected chi connectivity index (χ1v) is 8.94. The van der Waals surface area contributed by atoms with Crippen molar-refractivity contribution in [1.29, 1.82) is 0 Å². The molecule has 0 spiro atoms. The van der Waals surface area contributed by atoms with Crippen molar-refractivity contribution in [2.24, 2.45) is 0 Å². The van der Waals surface area contributed by atoms with Crippen molar-refractivity contribution >= 4 is 27.5 Å². The SMILES string of the molecule is O=S(=O)(O)c1ccc2c(c1)CC(Nc1ncc(C(F)(F)F)cc1Cl)C2. The first-order chi connectivity index (χ1) is 11.5. The summed E-state index contributed by atoms with van der Waals surface area (Å²) >= 11 is 5.87. The minimum absolute atomic E-state index is 0.127. The average molecular weight is 393 g/mol. The fourth-order valence-corrected chi connectivity index (χ4v) is 3.50. The lowest BCUT2D eigenvalue weighted by atomic mass is 10.1. The highest BCUT2D eigenvalue weighted by Crippen LogP contribution is 2.33. The van der Waals surface area contributed by atoms with Gasteiger partial charge < -0.3 is 5.32 Å². The standard InChI is InChI=1S/C15H12ClF3N2O3S/c16-13-6-10(15(17,18)19)7-20-14(13)21-11-3-8-1-2-12(25(22,23)24)5-9(8)4-11/h1-2,5-7,11H,3-4H2,(H,20,21)(H,22,23,24). The quantitative estimate of drug-likeness (QED) is 0.780. The third kappa shape index (κ3) is 3.88. The van der Waals surface area contributed by atoms with E-state index in [0.717, 1.165) is 17.2 Å². The number of aromatic nitrogens is 1. The smallest absolute Gasteiger partial charge is 0.365 e. The normalized spacial score (nSPS) is 17.4. The van der Waals surface area contributed by atoms with Crippen LogP contribution in [0.3, 0.4) is 0 Å². The van der Waals surface area contributed by atoms with Crippen molar-refractivity contribution < 1.29 is 26.1 Å². The highest BCUT2D eigenvalue weighted by molar-refractivity contribution is 7.85. The molecule has 134 valence electrons. The van der Waals surface area contributed by atoms with Crippen LogP contribution in [0.5, 0.6) is 0 Å². The number of fused-ring (bicyclic) bond motifs is 1. The predicted molar refractivity (Wildman–Crippen MR) is 85.3 cm³/mol. The molecule has 0 radical (unpaired) electrons. The molecule has 0 amide bonds. The highest BCUT2D eigenvalue weighted by atomic mass is 35.5. The van der Waals surface area contributed by atoms with Gasteiger partial charge in [-0.3, -0.25) is 4.55 Å². The van der Waals surface area contributed by atoms with Gasteiger partial charge >= 0.3 is 6.18 Å². The average Bonchev–Trinajstić information content (AvgIpc) is 2.88. The van der Waals surface area contributed by atoms with Crippen LogP contribution < -0.4 is 5.32 Å². The van der Waals surface area contributed by atoms with Crippen LogP contribution in [0.15, 0.2) is 35.4 Å². The van der Waals surface area contributed by atoms with Crippen molar-refractivity contribution in [2.75, 3.05) is 5.32 Å². The van der Waals surface area contributed by atoms with Crippen LogP contribution in [-0.2, 0) is 29.1 Å². The van der Waals surface area contributed by atoms with Gasteiger partial charge in [0.25, 0.3) is 10.1 Å². The van der Waals surface area contributed by atoms with E-state index in [0.29, 0.717) is 19.0 Å². The summed E-state index contributed by atoms with van der Waals surface area (Å²) < 4.78 is 69.3. The Morgan fingerprint density at radius 3 is 2.48 bits per heavy atom. The first kappa shape index (κ1) is 18.0. The van der Waals surface area contributed by atoms with Crippen LogP contribution in [-0.4, -0.2) is 24.0 Å². The molecular formula is C15H12ClF3N2O3S. The van der Waals surface area contributed by atoms with Crippen molar-refractivity contribution in [3.8, 4) is 0 Å². The number of nitrogens with zero attached hydrogens (tertiary/aromatic N) is 1. The molecule has 0 bridgehead atoms. The van der Waals surface area contributed by atoms with Gasteiger partial charge in [0.05, 0.1) is 15.5 Å². The molecule has 1 atom stereocenters. The predicted octanol–water partition coefficient (Wildman–Crippen LogP) is 3.58. The Labute approximate surface area is 146 Å². The van der Waals surface area contributed by atoms with Crippen molar-refractivity contribution in [1.82, 2.24) is 4.98 Å². The summed E-state index contributed by atoms with van der Waals surface area (Å²) in [5.41, 5.74) is 0.680. The topological polar surface area (TPSA) is 79.3 Å². The van der Waals surface area contributed by atoms with Gasteiger partial charge in [0.2, 0.25) is 0 Å². The third-order valence-corrected chi connectivity index (χ3v) is 5.06. The molecule has 0 fully saturated rings. The van der Waals surface area contributed by atoms with E-state index in [1.807, 2.05) is 0 Å². The van der Waals surface area contributed by atoms with E-state index in [-0.39, 0.29) is 21.8 Å². The molecule has 1 aromatic heterocycles. The van der Waals surface area contributed by atoms with Crippen LogP contribution in [0, 0.1) is 0 Å². The van der Waals surface area contributed by atoms with Gasteiger partial charge in [-0.15, -0.1) is 0 Å². The number of alkyl halides is 3. The summed E-state index contributed by atoms with van der Waals surface area (Å²) in [6.45, 7) is 0. The maximum absolute atomic E-state index is 12.6. The lowest BCUT2D eigenvalue weighted by Crippen LogP contribution is -2.20. The number of benzene rings is 1. The monoisotopic (exact) mass is 392 g/mol. The minimum Gasteiger partial charge on any atom is -0.365 e. The fourth-order valence-electron chi connectivity index (χ4n) is 2.75. The molecule has 25 heavy (non-hydrogen) atoms. The molecule has 1 aromatic carbocycles. The van der Waals surface area contributed by atoms with Crippen LogP contribution in [0.1, 0.15) is 16.7 Å². The first-order valence-electron chi connectivity index (χ1n) is 7.12. The fraction of sp³-hybridized carbons (Fsp3) is 0.267. The number of anilines is 1. The van der Waals surface area contributed by atoms with E-state index in [2.05, 4.69) is 10.3 Å². The summed E-state index contributed by atoms with van der Waals surface area (Å²) in [7, 11) is -4.29. The Kier molecular flexibility index (Phi) is 4.42.